The third kappa shape index (κ3) is 3.66. The summed E-state index contributed by atoms with van der Waals surface area (Å²) in [6.45, 7) is 3.86. The molecule has 0 spiro atoms. The number of aromatic amines is 1. The van der Waals surface area contributed by atoms with Gasteiger partial charge in [0.05, 0.1) is 5.69 Å². The Morgan fingerprint density at radius 2 is 1.88 bits per heavy atom. The van der Waals surface area contributed by atoms with Gasteiger partial charge in [0.1, 0.15) is 5.82 Å². The Labute approximate surface area is 188 Å². The molecule has 2 aliphatic heterocycles. The Bertz CT molecular complexity index is 1060. The van der Waals surface area contributed by atoms with E-state index in [1.54, 1.807) is 0 Å². The maximum absolute atomic E-state index is 13.1. The first-order valence-electron chi connectivity index (χ1n) is 12.2. The zero-order chi connectivity index (χ0) is 21.7. The molecule has 7 nitrogen and oxygen atoms in total. The molecule has 0 bridgehead atoms. The van der Waals surface area contributed by atoms with Crippen LogP contribution < -0.4 is 5.56 Å². The largest absolute Gasteiger partial charge is 0.342 e. The van der Waals surface area contributed by atoms with Gasteiger partial charge in [0.25, 0.3) is 5.56 Å². The van der Waals surface area contributed by atoms with E-state index in [4.69, 9.17) is 4.98 Å². The Hall–Kier alpha value is -2.54. The van der Waals surface area contributed by atoms with E-state index in [0.717, 1.165) is 49.6 Å². The second kappa shape index (κ2) is 8.10. The van der Waals surface area contributed by atoms with Crippen LogP contribution in [-0.4, -0.2) is 50.3 Å². The molecule has 1 N–H and O–H groups in total. The number of carbonyl (C=O) groups is 1. The number of amides is 1. The zero-order valence-electron chi connectivity index (χ0n) is 18.5. The number of likely N-dealkylation sites (tertiary alicyclic amines) is 1. The molecular weight excluding hydrogens is 402 g/mol. The fraction of sp³-hybridized carbons (Fsp3) is 0.600. The summed E-state index contributed by atoms with van der Waals surface area (Å²) in [6.07, 6.45) is 10.3. The summed E-state index contributed by atoms with van der Waals surface area (Å²) >= 11 is 0. The van der Waals surface area contributed by atoms with Crippen LogP contribution in [0.25, 0.3) is 0 Å². The first kappa shape index (κ1) is 20.1. The molecule has 2 aromatic rings. The quantitative estimate of drug-likeness (QED) is 0.801. The molecule has 6 rings (SSSR count). The first-order chi connectivity index (χ1) is 15.7. The van der Waals surface area contributed by atoms with Crippen LogP contribution in [0.15, 0.2) is 29.3 Å². The summed E-state index contributed by atoms with van der Waals surface area (Å²) in [5.74, 6) is 2.81. The number of nitrogens with zero attached hydrogens (tertiary/aromatic N) is 4. The Morgan fingerprint density at radius 3 is 2.66 bits per heavy atom. The molecule has 3 atom stereocenters. The van der Waals surface area contributed by atoms with Gasteiger partial charge in [-0.15, -0.1) is 0 Å². The Kier molecular flexibility index (Phi) is 5.09. The normalized spacial score (nSPS) is 29.4. The number of hydrogen-bond donors (Lipinski definition) is 1. The topological polar surface area (TPSA) is 82.2 Å². The number of H-pyrrole nitrogens is 1. The second-order valence-electron chi connectivity index (χ2n) is 10.1. The molecule has 0 aromatic carbocycles. The minimum absolute atomic E-state index is 0.00607. The maximum atomic E-state index is 13.1. The molecule has 4 heterocycles. The van der Waals surface area contributed by atoms with Crippen molar-refractivity contribution in [2.75, 3.05) is 19.6 Å². The van der Waals surface area contributed by atoms with Crippen LogP contribution in [0.1, 0.15) is 60.7 Å². The highest BCUT2D eigenvalue weighted by Gasteiger charge is 2.56. The van der Waals surface area contributed by atoms with E-state index < -0.39 is 0 Å². The smallest absolute Gasteiger partial charge is 0.254 e. The van der Waals surface area contributed by atoms with E-state index in [1.165, 1.54) is 31.2 Å². The molecule has 168 valence electrons. The number of aromatic nitrogens is 3. The van der Waals surface area contributed by atoms with E-state index in [9.17, 15) is 9.59 Å². The number of nitrogens with one attached hydrogen (secondary N) is 1. The summed E-state index contributed by atoms with van der Waals surface area (Å²) in [7, 11) is 0. The number of carbonyl (C=O) groups excluding carboxylic acids is 1. The Morgan fingerprint density at radius 1 is 1.09 bits per heavy atom. The highest BCUT2D eigenvalue weighted by Crippen LogP contribution is 2.56. The average Bonchev–Trinajstić information content (AvgIpc) is 3.33. The molecule has 32 heavy (non-hydrogen) atoms. The van der Waals surface area contributed by atoms with E-state index in [-0.39, 0.29) is 17.4 Å². The molecule has 3 fully saturated rings. The summed E-state index contributed by atoms with van der Waals surface area (Å²) in [4.78, 5) is 42.4. The molecule has 4 aliphatic rings. The van der Waals surface area contributed by atoms with E-state index in [2.05, 4.69) is 14.9 Å². The van der Waals surface area contributed by atoms with Crippen LogP contribution in [-0.2, 0) is 24.3 Å². The standard InChI is InChI=1S/C25H31N5O2/c31-24-20-8-11-29(13-16-5-9-26-10-6-16)15-21(20)27-23(28-24)17-7-12-30(14-17)25(32)22-18-3-1-2-4-19(18)22/h5-6,9-10,17-19,22H,1-4,7-8,11-15H2,(H,27,28,31). The third-order valence-corrected chi connectivity index (χ3v) is 8.15. The number of fused-ring (bicyclic) bond motifs is 2. The molecule has 1 amide bonds. The van der Waals surface area contributed by atoms with Gasteiger partial charge >= 0.3 is 0 Å². The number of rotatable bonds is 4. The van der Waals surface area contributed by atoms with Gasteiger partial charge in [0.15, 0.2) is 0 Å². The van der Waals surface area contributed by atoms with Crippen LogP contribution >= 0.6 is 0 Å². The minimum Gasteiger partial charge on any atom is -0.342 e. The van der Waals surface area contributed by atoms with Crippen molar-refractivity contribution in [3.8, 4) is 0 Å². The van der Waals surface area contributed by atoms with Crippen molar-refractivity contribution in [3.05, 3.63) is 57.5 Å². The first-order valence-corrected chi connectivity index (χ1v) is 12.2. The third-order valence-electron chi connectivity index (χ3n) is 8.15. The van der Waals surface area contributed by atoms with Crippen molar-refractivity contribution in [2.45, 2.75) is 57.5 Å². The lowest BCUT2D eigenvalue weighted by molar-refractivity contribution is -0.132. The Balaban J connectivity index is 1.15. The maximum Gasteiger partial charge on any atom is 0.254 e. The van der Waals surface area contributed by atoms with Crippen molar-refractivity contribution in [2.24, 2.45) is 17.8 Å². The lowest BCUT2D eigenvalue weighted by Gasteiger charge is -2.28. The summed E-state index contributed by atoms with van der Waals surface area (Å²) in [5, 5.41) is 0. The molecule has 2 aliphatic carbocycles. The van der Waals surface area contributed by atoms with E-state index >= 15 is 0 Å². The van der Waals surface area contributed by atoms with Gasteiger partial charge in [-0.05, 0) is 55.2 Å². The highest BCUT2D eigenvalue weighted by molar-refractivity contribution is 5.82. The molecule has 2 aromatic heterocycles. The fourth-order valence-electron chi connectivity index (χ4n) is 6.34. The van der Waals surface area contributed by atoms with Crippen molar-refractivity contribution in [1.82, 2.24) is 24.8 Å². The van der Waals surface area contributed by atoms with Crippen LogP contribution in [0.3, 0.4) is 0 Å². The molecule has 0 radical (unpaired) electrons. The fourth-order valence-corrected chi connectivity index (χ4v) is 6.34. The summed E-state index contributed by atoms with van der Waals surface area (Å²) in [6, 6.07) is 4.07. The van der Waals surface area contributed by atoms with Gasteiger partial charge in [-0.3, -0.25) is 19.5 Å². The monoisotopic (exact) mass is 433 g/mol. The average molecular weight is 434 g/mol. The van der Waals surface area contributed by atoms with Crippen molar-refractivity contribution in [3.63, 3.8) is 0 Å². The molecule has 2 saturated carbocycles. The van der Waals surface area contributed by atoms with E-state index in [0.29, 0.717) is 30.8 Å². The van der Waals surface area contributed by atoms with Gasteiger partial charge in [-0.25, -0.2) is 4.98 Å². The zero-order valence-corrected chi connectivity index (χ0v) is 18.5. The van der Waals surface area contributed by atoms with Crippen LogP contribution in [0.4, 0.5) is 0 Å². The highest BCUT2D eigenvalue weighted by atomic mass is 16.2. The van der Waals surface area contributed by atoms with Crippen LogP contribution in [0.5, 0.6) is 0 Å². The SMILES string of the molecule is O=C(C1C2CCCCC21)N1CCC(c2nc3c(c(=O)[nH]2)CCN(Cc2ccncc2)C3)C1. The van der Waals surface area contributed by atoms with Crippen LogP contribution in [0, 0.1) is 17.8 Å². The van der Waals surface area contributed by atoms with Gasteiger partial charge < -0.3 is 9.88 Å². The second-order valence-corrected chi connectivity index (χ2v) is 10.1. The number of hydrogen-bond acceptors (Lipinski definition) is 5. The summed E-state index contributed by atoms with van der Waals surface area (Å²) < 4.78 is 0. The molecule has 7 heteroatoms. The molecule has 3 unspecified atom stereocenters. The molecule has 1 saturated heterocycles. The van der Waals surface area contributed by atoms with E-state index in [1.807, 2.05) is 29.4 Å². The van der Waals surface area contributed by atoms with Gasteiger partial charge in [-0.1, -0.05) is 12.8 Å². The van der Waals surface area contributed by atoms with Crippen molar-refractivity contribution < 1.29 is 4.79 Å². The van der Waals surface area contributed by atoms with Crippen LogP contribution in [0.2, 0.25) is 0 Å². The van der Waals surface area contributed by atoms with Crippen molar-refractivity contribution in [1.29, 1.82) is 0 Å². The lowest BCUT2D eigenvalue weighted by atomic mass is 10.0. The molecular formula is C25H31N5O2. The van der Waals surface area contributed by atoms with Gasteiger partial charge in [-0.2, -0.15) is 0 Å². The lowest BCUT2D eigenvalue weighted by Crippen LogP contribution is -2.36. The van der Waals surface area contributed by atoms with Crippen molar-refractivity contribution >= 4 is 5.91 Å². The minimum atomic E-state index is 0.00607. The van der Waals surface area contributed by atoms with Gasteiger partial charge in [0, 0.05) is 62.5 Å². The predicted molar refractivity (Wildman–Crippen MR) is 120 cm³/mol. The predicted octanol–water partition coefficient (Wildman–Crippen LogP) is 2.48. The van der Waals surface area contributed by atoms with Gasteiger partial charge in [0.2, 0.25) is 5.91 Å². The summed E-state index contributed by atoms with van der Waals surface area (Å²) in [5.41, 5.74) is 2.96. The number of pyridine rings is 1.